The third-order valence-corrected chi connectivity index (χ3v) is 3.46. The Morgan fingerprint density at radius 1 is 1.09 bits per heavy atom. The molecular weight excluding hydrogens is 292 g/mol. The minimum atomic E-state index is -1.11. The number of carbonyl (C=O) groups excluding carboxylic acids is 2. The Morgan fingerprint density at radius 2 is 1.74 bits per heavy atom. The molecule has 5 nitrogen and oxygen atoms in total. The largest absolute Gasteiger partial charge is 0.497 e. The summed E-state index contributed by atoms with van der Waals surface area (Å²) in [5.41, 5.74) is -0.404. The third kappa shape index (κ3) is 5.93. The maximum absolute atomic E-state index is 12.3. The number of rotatable bonds is 6. The smallest absolute Gasteiger partial charge is 0.235 e. The van der Waals surface area contributed by atoms with Gasteiger partial charge in [-0.05, 0) is 58.7 Å². The highest BCUT2D eigenvalue weighted by Crippen LogP contribution is 2.18. The van der Waals surface area contributed by atoms with E-state index in [1.807, 2.05) is 45.0 Å². The fourth-order valence-corrected chi connectivity index (χ4v) is 1.97. The number of hydrogen-bond acceptors (Lipinski definition) is 3. The van der Waals surface area contributed by atoms with Crippen LogP contribution in [0.5, 0.6) is 5.75 Å². The summed E-state index contributed by atoms with van der Waals surface area (Å²) in [6.07, 6.45) is 0.680. The van der Waals surface area contributed by atoms with Crippen LogP contribution < -0.4 is 15.4 Å². The van der Waals surface area contributed by atoms with Crippen molar-refractivity contribution in [2.45, 2.75) is 46.6 Å². The molecular formula is C18H28N2O3. The van der Waals surface area contributed by atoms with E-state index >= 15 is 0 Å². The second kappa shape index (κ2) is 7.49. The molecule has 1 aromatic rings. The van der Waals surface area contributed by atoms with Crippen LogP contribution in [0.3, 0.4) is 0 Å². The molecule has 0 heterocycles. The Morgan fingerprint density at radius 3 is 2.30 bits per heavy atom. The summed E-state index contributed by atoms with van der Waals surface area (Å²) < 4.78 is 5.17. The molecule has 0 saturated carbocycles. The van der Waals surface area contributed by atoms with E-state index in [0.717, 1.165) is 11.3 Å². The van der Waals surface area contributed by atoms with Crippen molar-refractivity contribution in [1.82, 2.24) is 10.6 Å². The van der Waals surface area contributed by atoms with Crippen LogP contribution in [0.4, 0.5) is 0 Å². The minimum absolute atomic E-state index is 0.274. The molecule has 128 valence electrons. The molecule has 0 spiro atoms. The maximum Gasteiger partial charge on any atom is 0.235 e. The number of carbonyl (C=O) groups is 2. The van der Waals surface area contributed by atoms with Gasteiger partial charge in [-0.2, -0.15) is 0 Å². The fourth-order valence-electron chi connectivity index (χ4n) is 1.97. The van der Waals surface area contributed by atoms with Crippen molar-refractivity contribution in [2.75, 3.05) is 13.7 Å². The molecule has 0 bridgehead atoms. The highest BCUT2D eigenvalue weighted by molar-refractivity contribution is 6.04. The van der Waals surface area contributed by atoms with Gasteiger partial charge in [0.15, 0.2) is 0 Å². The molecule has 0 radical (unpaired) electrons. The first-order valence-electron chi connectivity index (χ1n) is 7.80. The zero-order valence-electron chi connectivity index (χ0n) is 14.9. The van der Waals surface area contributed by atoms with Gasteiger partial charge in [0, 0.05) is 12.1 Å². The van der Waals surface area contributed by atoms with Crippen LogP contribution in [0.25, 0.3) is 0 Å². The lowest BCUT2D eigenvalue weighted by Gasteiger charge is -2.28. The topological polar surface area (TPSA) is 67.4 Å². The van der Waals surface area contributed by atoms with Crippen LogP contribution in [-0.2, 0) is 16.0 Å². The van der Waals surface area contributed by atoms with E-state index in [1.54, 1.807) is 21.0 Å². The number of benzene rings is 1. The number of hydrogen-bond donors (Lipinski definition) is 2. The SMILES string of the molecule is COc1cccc(CCNC(=O)C(C)(C)C(=O)NC(C)(C)C)c1. The Balaban J connectivity index is 2.56. The molecule has 0 saturated heterocycles. The summed E-state index contributed by atoms with van der Waals surface area (Å²) in [5, 5.41) is 5.68. The van der Waals surface area contributed by atoms with Crippen molar-refractivity contribution in [3.63, 3.8) is 0 Å². The summed E-state index contributed by atoms with van der Waals surface area (Å²) in [6.45, 7) is 9.41. The monoisotopic (exact) mass is 320 g/mol. The number of methoxy groups -OCH3 is 1. The van der Waals surface area contributed by atoms with Gasteiger partial charge in [0.1, 0.15) is 11.2 Å². The van der Waals surface area contributed by atoms with Gasteiger partial charge in [-0.1, -0.05) is 12.1 Å². The van der Waals surface area contributed by atoms with E-state index in [0.29, 0.717) is 13.0 Å². The molecule has 0 fully saturated rings. The molecule has 23 heavy (non-hydrogen) atoms. The lowest BCUT2D eigenvalue weighted by atomic mass is 9.89. The van der Waals surface area contributed by atoms with Crippen LogP contribution in [0.15, 0.2) is 24.3 Å². The van der Waals surface area contributed by atoms with E-state index in [4.69, 9.17) is 4.74 Å². The van der Waals surface area contributed by atoms with E-state index < -0.39 is 5.41 Å². The summed E-state index contributed by atoms with van der Waals surface area (Å²) in [7, 11) is 1.62. The highest BCUT2D eigenvalue weighted by Gasteiger charge is 2.37. The van der Waals surface area contributed by atoms with Gasteiger partial charge < -0.3 is 15.4 Å². The van der Waals surface area contributed by atoms with Gasteiger partial charge in [-0.15, -0.1) is 0 Å². The van der Waals surface area contributed by atoms with Crippen molar-refractivity contribution in [3.05, 3.63) is 29.8 Å². The minimum Gasteiger partial charge on any atom is -0.497 e. The summed E-state index contributed by atoms with van der Waals surface area (Å²) in [5.74, 6) is 0.240. The second-order valence-electron chi connectivity index (χ2n) is 7.19. The molecule has 0 aliphatic rings. The number of nitrogens with one attached hydrogen (secondary N) is 2. The molecule has 2 amide bonds. The van der Waals surface area contributed by atoms with Gasteiger partial charge in [0.25, 0.3) is 0 Å². The van der Waals surface area contributed by atoms with Gasteiger partial charge in [-0.3, -0.25) is 9.59 Å². The first-order valence-corrected chi connectivity index (χ1v) is 7.80. The van der Waals surface area contributed by atoms with Crippen LogP contribution >= 0.6 is 0 Å². The van der Waals surface area contributed by atoms with Gasteiger partial charge >= 0.3 is 0 Å². The van der Waals surface area contributed by atoms with Crippen molar-refractivity contribution in [1.29, 1.82) is 0 Å². The summed E-state index contributed by atoms with van der Waals surface area (Å²) in [6, 6.07) is 7.70. The van der Waals surface area contributed by atoms with Crippen LogP contribution in [0.2, 0.25) is 0 Å². The van der Waals surface area contributed by atoms with Crippen molar-refractivity contribution < 1.29 is 14.3 Å². The van der Waals surface area contributed by atoms with E-state index in [2.05, 4.69) is 10.6 Å². The zero-order valence-corrected chi connectivity index (χ0v) is 14.9. The lowest BCUT2D eigenvalue weighted by molar-refractivity contribution is -0.142. The predicted molar refractivity (Wildman–Crippen MR) is 91.4 cm³/mol. The van der Waals surface area contributed by atoms with E-state index in [-0.39, 0.29) is 17.4 Å². The first-order chi connectivity index (χ1) is 10.6. The first kappa shape index (κ1) is 19.0. The van der Waals surface area contributed by atoms with E-state index in [9.17, 15) is 9.59 Å². The molecule has 1 rings (SSSR count). The van der Waals surface area contributed by atoms with Crippen molar-refractivity contribution >= 4 is 11.8 Å². The average molecular weight is 320 g/mol. The van der Waals surface area contributed by atoms with Gasteiger partial charge in [0.2, 0.25) is 11.8 Å². The van der Waals surface area contributed by atoms with Crippen LogP contribution in [-0.4, -0.2) is 31.0 Å². The summed E-state index contributed by atoms with van der Waals surface area (Å²) in [4.78, 5) is 24.6. The number of amides is 2. The summed E-state index contributed by atoms with van der Waals surface area (Å²) >= 11 is 0. The quantitative estimate of drug-likeness (QED) is 0.790. The molecule has 0 aliphatic carbocycles. The standard InChI is InChI=1S/C18H28N2O3/c1-17(2,3)20-16(22)18(4,5)15(21)19-11-10-13-8-7-9-14(12-13)23-6/h7-9,12H,10-11H2,1-6H3,(H,19,21)(H,20,22). The Hall–Kier alpha value is -2.04. The van der Waals surface area contributed by atoms with Crippen LogP contribution in [0, 0.1) is 5.41 Å². The third-order valence-electron chi connectivity index (χ3n) is 3.46. The van der Waals surface area contributed by atoms with Crippen molar-refractivity contribution in [2.24, 2.45) is 5.41 Å². The molecule has 0 unspecified atom stereocenters. The molecule has 2 N–H and O–H groups in total. The van der Waals surface area contributed by atoms with E-state index in [1.165, 1.54) is 0 Å². The Labute approximate surface area is 138 Å². The normalized spacial score (nSPS) is 11.7. The molecule has 5 heteroatoms. The fraction of sp³-hybridized carbons (Fsp3) is 0.556. The second-order valence-corrected chi connectivity index (χ2v) is 7.19. The molecule has 0 aliphatic heterocycles. The Bertz CT molecular complexity index is 560. The maximum atomic E-state index is 12.3. The predicted octanol–water partition coefficient (Wildman–Crippen LogP) is 2.29. The highest BCUT2D eigenvalue weighted by atomic mass is 16.5. The van der Waals surface area contributed by atoms with Gasteiger partial charge in [0.05, 0.1) is 7.11 Å². The zero-order chi connectivity index (χ0) is 17.7. The lowest BCUT2D eigenvalue weighted by Crippen LogP contribution is -2.53. The number of ether oxygens (including phenoxy) is 1. The van der Waals surface area contributed by atoms with Crippen molar-refractivity contribution in [3.8, 4) is 5.75 Å². The molecule has 0 aromatic heterocycles. The van der Waals surface area contributed by atoms with Gasteiger partial charge in [-0.25, -0.2) is 0 Å². The molecule has 1 aromatic carbocycles. The molecule has 0 atom stereocenters. The average Bonchev–Trinajstić information content (AvgIpc) is 2.45. The Kier molecular flexibility index (Phi) is 6.19. The van der Waals surface area contributed by atoms with Crippen LogP contribution in [0.1, 0.15) is 40.2 Å².